The van der Waals surface area contributed by atoms with Crippen LogP contribution in [0.15, 0.2) is 36.8 Å². The van der Waals surface area contributed by atoms with Gasteiger partial charge in [-0.05, 0) is 31.4 Å². The fourth-order valence-electron chi connectivity index (χ4n) is 2.38. The Morgan fingerprint density at radius 3 is 2.71 bits per heavy atom. The molecule has 0 radical (unpaired) electrons. The number of anilines is 2. The molecule has 1 saturated heterocycles. The largest absolute Gasteiger partial charge is 0.357 e. The second-order valence-electron chi connectivity index (χ2n) is 4.98. The van der Waals surface area contributed by atoms with E-state index in [1.54, 1.807) is 24.4 Å². The Labute approximate surface area is 123 Å². The predicted molar refractivity (Wildman–Crippen MR) is 80.3 cm³/mol. The number of hydrogen-bond donors (Lipinski definition) is 1. The van der Waals surface area contributed by atoms with E-state index < -0.39 is 0 Å². The lowest BCUT2D eigenvalue weighted by Gasteiger charge is -2.27. The number of nitrogens with one attached hydrogen (secondary N) is 1. The summed E-state index contributed by atoms with van der Waals surface area (Å²) in [6.07, 6.45) is 6.67. The Morgan fingerprint density at radius 1 is 1.10 bits per heavy atom. The van der Waals surface area contributed by atoms with Crippen LogP contribution in [0.25, 0.3) is 0 Å². The van der Waals surface area contributed by atoms with Gasteiger partial charge in [-0.25, -0.2) is 15.0 Å². The third-order valence-corrected chi connectivity index (χ3v) is 3.47. The van der Waals surface area contributed by atoms with Gasteiger partial charge < -0.3 is 10.2 Å². The number of nitrogens with zero attached hydrogens (tertiary/aromatic N) is 4. The van der Waals surface area contributed by atoms with Gasteiger partial charge in [0.25, 0.3) is 5.91 Å². The highest BCUT2D eigenvalue weighted by atomic mass is 16.1. The molecule has 0 unspecified atom stereocenters. The maximum absolute atomic E-state index is 12.2. The van der Waals surface area contributed by atoms with E-state index in [0.717, 1.165) is 18.9 Å². The van der Waals surface area contributed by atoms with Crippen LogP contribution < -0.4 is 10.2 Å². The minimum Gasteiger partial charge on any atom is -0.357 e. The number of piperidine rings is 1. The molecule has 2 aromatic rings. The van der Waals surface area contributed by atoms with Gasteiger partial charge in [0.15, 0.2) is 0 Å². The maximum atomic E-state index is 12.2. The lowest BCUT2D eigenvalue weighted by molar-refractivity contribution is 0.102. The van der Waals surface area contributed by atoms with E-state index in [2.05, 4.69) is 25.2 Å². The van der Waals surface area contributed by atoms with Crippen LogP contribution in [0.2, 0.25) is 0 Å². The summed E-state index contributed by atoms with van der Waals surface area (Å²) in [6, 6.07) is 7.10. The van der Waals surface area contributed by atoms with Gasteiger partial charge in [-0.3, -0.25) is 4.79 Å². The van der Waals surface area contributed by atoms with Gasteiger partial charge in [-0.15, -0.1) is 0 Å². The topological polar surface area (TPSA) is 71.0 Å². The molecule has 1 N–H and O–H groups in total. The van der Waals surface area contributed by atoms with Crippen LogP contribution in [0.1, 0.15) is 29.8 Å². The van der Waals surface area contributed by atoms with Crippen molar-refractivity contribution in [1.82, 2.24) is 15.0 Å². The zero-order valence-electron chi connectivity index (χ0n) is 11.7. The van der Waals surface area contributed by atoms with Gasteiger partial charge in [0.05, 0.1) is 0 Å². The summed E-state index contributed by atoms with van der Waals surface area (Å²) in [5, 5.41) is 2.73. The second kappa shape index (κ2) is 6.30. The van der Waals surface area contributed by atoms with Crippen molar-refractivity contribution in [1.29, 1.82) is 0 Å². The lowest BCUT2D eigenvalue weighted by Crippen LogP contribution is -2.30. The van der Waals surface area contributed by atoms with Crippen LogP contribution in [0.4, 0.5) is 11.6 Å². The number of amides is 1. The first kappa shape index (κ1) is 13.5. The number of carbonyl (C=O) groups excluding carboxylic acids is 1. The van der Waals surface area contributed by atoms with E-state index in [4.69, 9.17) is 0 Å². The van der Waals surface area contributed by atoms with Crippen LogP contribution in [0.5, 0.6) is 0 Å². The highest BCUT2D eigenvalue weighted by Crippen LogP contribution is 2.17. The van der Waals surface area contributed by atoms with Crippen molar-refractivity contribution >= 4 is 17.5 Å². The molecular formula is C15H17N5O. The highest BCUT2D eigenvalue weighted by Gasteiger charge is 2.15. The second-order valence-corrected chi connectivity index (χ2v) is 4.98. The fourth-order valence-corrected chi connectivity index (χ4v) is 2.38. The van der Waals surface area contributed by atoms with E-state index in [9.17, 15) is 4.79 Å². The molecule has 3 rings (SSSR count). The minimum atomic E-state index is -0.269. The Morgan fingerprint density at radius 2 is 1.95 bits per heavy atom. The number of rotatable bonds is 3. The predicted octanol–water partition coefficient (Wildman–Crippen LogP) is 2.11. The first-order chi connectivity index (χ1) is 10.3. The maximum Gasteiger partial charge on any atom is 0.275 e. The van der Waals surface area contributed by atoms with E-state index in [1.807, 2.05) is 6.07 Å². The van der Waals surface area contributed by atoms with Gasteiger partial charge in [0.1, 0.15) is 23.7 Å². The smallest absolute Gasteiger partial charge is 0.275 e. The molecule has 1 aliphatic heterocycles. The first-order valence-corrected chi connectivity index (χ1v) is 7.12. The van der Waals surface area contributed by atoms with Gasteiger partial charge >= 0.3 is 0 Å². The molecule has 2 aromatic heterocycles. The summed E-state index contributed by atoms with van der Waals surface area (Å²) >= 11 is 0. The van der Waals surface area contributed by atoms with Gasteiger partial charge in [0, 0.05) is 25.4 Å². The molecule has 0 aromatic carbocycles. The number of pyridine rings is 1. The van der Waals surface area contributed by atoms with Gasteiger partial charge in [0.2, 0.25) is 0 Å². The lowest BCUT2D eigenvalue weighted by atomic mass is 10.1. The molecule has 0 spiro atoms. The summed E-state index contributed by atoms with van der Waals surface area (Å²) in [7, 11) is 0. The summed E-state index contributed by atoms with van der Waals surface area (Å²) in [5.41, 5.74) is 0.358. The fraction of sp³-hybridized carbons (Fsp3) is 0.333. The average Bonchev–Trinajstić information content (AvgIpc) is 2.57. The molecule has 0 bridgehead atoms. The number of hydrogen-bond acceptors (Lipinski definition) is 5. The Hall–Kier alpha value is -2.50. The highest BCUT2D eigenvalue weighted by molar-refractivity contribution is 6.02. The molecule has 3 heterocycles. The van der Waals surface area contributed by atoms with Crippen molar-refractivity contribution in [3.8, 4) is 0 Å². The molecule has 1 aliphatic rings. The average molecular weight is 283 g/mol. The Bertz CT molecular complexity index is 610. The van der Waals surface area contributed by atoms with E-state index >= 15 is 0 Å². The monoisotopic (exact) mass is 283 g/mol. The number of aromatic nitrogens is 3. The zero-order chi connectivity index (χ0) is 14.5. The molecule has 0 aliphatic carbocycles. The van der Waals surface area contributed by atoms with Crippen LogP contribution in [0, 0.1) is 0 Å². The summed E-state index contributed by atoms with van der Waals surface area (Å²) in [6.45, 7) is 1.97. The summed E-state index contributed by atoms with van der Waals surface area (Å²) in [5.74, 6) is 1.06. The standard InChI is InChI=1S/C15H17N5O/c21-15(19-13-6-2-3-7-16-13)12-10-14(18-11-17-12)20-8-4-1-5-9-20/h2-3,6-7,10-11H,1,4-5,8-9H2,(H,16,19,21). The van der Waals surface area contributed by atoms with E-state index in [1.165, 1.54) is 25.6 Å². The third kappa shape index (κ3) is 3.34. The van der Waals surface area contributed by atoms with E-state index in [0.29, 0.717) is 11.5 Å². The van der Waals surface area contributed by atoms with Crippen molar-refractivity contribution in [2.24, 2.45) is 0 Å². The molecule has 6 nitrogen and oxygen atoms in total. The molecule has 0 saturated carbocycles. The van der Waals surface area contributed by atoms with Crippen LogP contribution in [-0.2, 0) is 0 Å². The molecule has 21 heavy (non-hydrogen) atoms. The van der Waals surface area contributed by atoms with Crippen molar-refractivity contribution in [2.45, 2.75) is 19.3 Å². The van der Waals surface area contributed by atoms with Crippen LogP contribution in [-0.4, -0.2) is 33.9 Å². The molecular weight excluding hydrogens is 266 g/mol. The molecule has 6 heteroatoms. The third-order valence-electron chi connectivity index (χ3n) is 3.47. The van der Waals surface area contributed by atoms with Gasteiger partial charge in [-0.2, -0.15) is 0 Å². The van der Waals surface area contributed by atoms with Crippen molar-refractivity contribution < 1.29 is 4.79 Å². The summed E-state index contributed by atoms with van der Waals surface area (Å²) in [4.78, 5) is 26.8. The molecule has 108 valence electrons. The van der Waals surface area contributed by atoms with E-state index in [-0.39, 0.29) is 5.91 Å². The van der Waals surface area contributed by atoms with Crippen molar-refractivity contribution in [3.05, 3.63) is 42.5 Å². The van der Waals surface area contributed by atoms with Crippen LogP contribution in [0.3, 0.4) is 0 Å². The molecule has 0 atom stereocenters. The first-order valence-electron chi connectivity index (χ1n) is 7.12. The van der Waals surface area contributed by atoms with Crippen molar-refractivity contribution in [2.75, 3.05) is 23.3 Å². The summed E-state index contributed by atoms with van der Waals surface area (Å²) < 4.78 is 0. The molecule has 1 fully saturated rings. The minimum absolute atomic E-state index is 0.269. The number of carbonyl (C=O) groups is 1. The van der Waals surface area contributed by atoms with Crippen molar-refractivity contribution in [3.63, 3.8) is 0 Å². The normalized spacial score (nSPS) is 14.8. The SMILES string of the molecule is O=C(Nc1ccccn1)c1cc(N2CCCCC2)ncn1. The Kier molecular flexibility index (Phi) is 4.04. The zero-order valence-corrected chi connectivity index (χ0v) is 11.7. The van der Waals surface area contributed by atoms with Gasteiger partial charge in [-0.1, -0.05) is 6.07 Å². The van der Waals surface area contributed by atoms with Crippen LogP contribution >= 0.6 is 0 Å². The quantitative estimate of drug-likeness (QED) is 0.934. The Balaban J connectivity index is 1.74. The molecule has 1 amide bonds.